The van der Waals surface area contributed by atoms with Gasteiger partial charge in [0.15, 0.2) is 0 Å². The largest absolute Gasteiger partial charge is 0.342 e. The monoisotopic (exact) mass is 263 g/mol. The van der Waals surface area contributed by atoms with Crippen molar-refractivity contribution in [1.82, 2.24) is 0 Å². The molecule has 0 amide bonds. The minimum absolute atomic E-state index is 0.223. The van der Waals surface area contributed by atoms with Crippen molar-refractivity contribution < 1.29 is 4.39 Å². The number of benzene rings is 2. The Morgan fingerprint density at radius 2 is 1.89 bits per heavy atom. The van der Waals surface area contributed by atoms with E-state index in [0.717, 1.165) is 16.8 Å². The molecule has 0 fully saturated rings. The van der Waals surface area contributed by atoms with Gasteiger partial charge in [-0.1, -0.05) is 18.2 Å². The summed E-state index contributed by atoms with van der Waals surface area (Å²) in [5.74, 6) is 0.272. The van der Waals surface area contributed by atoms with Crippen molar-refractivity contribution in [2.24, 2.45) is 0 Å². The predicted octanol–water partition coefficient (Wildman–Crippen LogP) is 4.64. The lowest BCUT2D eigenvalue weighted by Crippen LogP contribution is -2.11. The van der Waals surface area contributed by atoms with E-state index in [1.54, 1.807) is 12.1 Å². The van der Waals surface area contributed by atoms with E-state index in [1.807, 2.05) is 43.1 Å². The molecule has 0 saturated carbocycles. The van der Waals surface area contributed by atoms with E-state index in [2.05, 4.69) is 0 Å². The third kappa shape index (κ3) is 2.49. The van der Waals surface area contributed by atoms with Crippen LogP contribution in [0.1, 0.15) is 11.1 Å². The highest BCUT2D eigenvalue weighted by atomic mass is 35.5. The second-order valence-electron chi connectivity index (χ2n) is 4.25. The zero-order valence-electron chi connectivity index (χ0n) is 10.5. The minimum Gasteiger partial charge on any atom is -0.342 e. The van der Waals surface area contributed by atoms with Crippen LogP contribution < -0.4 is 4.90 Å². The molecule has 0 radical (unpaired) electrons. The predicted molar refractivity (Wildman–Crippen MR) is 75.2 cm³/mol. The Hall–Kier alpha value is -1.54. The fourth-order valence-corrected chi connectivity index (χ4v) is 2.20. The van der Waals surface area contributed by atoms with Crippen LogP contribution in [0.25, 0.3) is 0 Å². The molecule has 3 heteroatoms. The summed E-state index contributed by atoms with van der Waals surface area (Å²) in [4.78, 5) is 1.83. The summed E-state index contributed by atoms with van der Waals surface area (Å²) in [6.07, 6.45) is 0. The van der Waals surface area contributed by atoms with Gasteiger partial charge < -0.3 is 4.90 Å². The van der Waals surface area contributed by atoms with Gasteiger partial charge in [0.1, 0.15) is 5.82 Å². The molecule has 0 saturated heterocycles. The molecule has 0 N–H and O–H groups in total. The van der Waals surface area contributed by atoms with Gasteiger partial charge in [-0.3, -0.25) is 0 Å². The van der Waals surface area contributed by atoms with Gasteiger partial charge in [-0.25, -0.2) is 4.39 Å². The molecule has 0 unspecified atom stereocenters. The SMILES string of the molecule is Cc1cc(N(C)c2ccccc2F)ccc1CCl. The lowest BCUT2D eigenvalue weighted by Gasteiger charge is -2.21. The highest BCUT2D eigenvalue weighted by molar-refractivity contribution is 6.17. The van der Waals surface area contributed by atoms with Gasteiger partial charge in [-0.05, 0) is 42.3 Å². The molecular weight excluding hydrogens is 249 g/mol. The van der Waals surface area contributed by atoms with Crippen LogP contribution in [0.15, 0.2) is 42.5 Å². The van der Waals surface area contributed by atoms with Crippen molar-refractivity contribution in [3.63, 3.8) is 0 Å². The van der Waals surface area contributed by atoms with E-state index in [4.69, 9.17) is 11.6 Å². The van der Waals surface area contributed by atoms with E-state index in [1.165, 1.54) is 6.07 Å². The molecule has 0 heterocycles. The maximum atomic E-state index is 13.7. The second kappa shape index (κ2) is 5.40. The Morgan fingerprint density at radius 3 is 2.50 bits per heavy atom. The normalized spacial score (nSPS) is 10.4. The lowest BCUT2D eigenvalue weighted by atomic mass is 10.1. The molecule has 0 aliphatic rings. The molecule has 2 rings (SSSR count). The quantitative estimate of drug-likeness (QED) is 0.729. The lowest BCUT2D eigenvalue weighted by molar-refractivity contribution is 0.627. The molecule has 0 aliphatic carbocycles. The molecular formula is C15H15ClFN. The maximum absolute atomic E-state index is 13.7. The van der Waals surface area contributed by atoms with E-state index >= 15 is 0 Å². The summed E-state index contributed by atoms with van der Waals surface area (Å²) < 4.78 is 13.7. The van der Waals surface area contributed by atoms with Crippen LogP contribution in [-0.2, 0) is 5.88 Å². The maximum Gasteiger partial charge on any atom is 0.146 e. The molecule has 0 aliphatic heterocycles. The number of nitrogens with zero attached hydrogens (tertiary/aromatic N) is 1. The number of halogens is 2. The van der Waals surface area contributed by atoms with Crippen LogP contribution in [0.5, 0.6) is 0 Å². The average molecular weight is 264 g/mol. The summed E-state index contributed by atoms with van der Waals surface area (Å²) in [6.45, 7) is 2.01. The second-order valence-corrected chi connectivity index (χ2v) is 4.52. The van der Waals surface area contributed by atoms with Crippen LogP contribution in [-0.4, -0.2) is 7.05 Å². The third-order valence-electron chi connectivity index (χ3n) is 3.07. The first kappa shape index (κ1) is 12.9. The van der Waals surface area contributed by atoms with E-state index in [9.17, 15) is 4.39 Å². The molecule has 0 aromatic heterocycles. The summed E-state index contributed by atoms with van der Waals surface area (Å²) >= 11 is 5.83. The molecule has 0 bridgehead atoms. The zero-order valence-corrected chi connectivity index (χ0v) is 11.2. The van der Waals surface area contributed by atoms with Crippen molar-refractivity contribution in [2.75, 3.05) is 11.9 Å². The topological polar surface area (TPSA) is 3.24 Å². The van der Waals surface area contributed by atoms with Crippen molar-refractivity contribution in [1.29, 1.82) is 0 Å². The molecule has 2 aromatic rings. The fraction of sp³-hybridized carbons (Fsp3) is 0.200. The molecule has 1 nitrogen and oxygen atoms in total. The number of anilines is 2. The van der Waals surface area contributed by atoms with Crippen LogP contribution in [0, 0.1) is 12.7 Å². The van der Waals surface area contributed by atoms with Crippen molar-refractivity contribution in [2.45, 2.75) is 12.8 Å². The molecule has 2 aromatic carbocycles. The third-order valence-corrected chi connectivity index (χ3v) is 3.36. The van der Waals surface area contributed by atoms with Gasteiger partial charge in [-0.2, -0.15) is 0 Å². The van der Waals surface area contributed by atoms with Gasteiger partial charge in [0.25, 0.3) is 0 Å². The Kier molecular flexibility index (Phi) is 3.87. The Labute approximate surface area is 112 Å². The van der Waals surface area contributed by atoms with Gasteiger partial charge in [0, 0.05) is 18.6 Å². The summed E-state index contributed by atoms with van der Waals surface area (Å²) in [7, 11) is 1.85. The summed E-state index contributed by atoms with van der Waals surface area (Å²) in [5.41, 5.74) is 3.73. The van der Waals surface area contributed by atoms with Crippen molar-refractivity contribution in [3.8, 4) is 0 Å². The Balaban J connectivity index is 2.37. The Morgan fingerprint density at radius 1 is 1.17 bits per heavy atom. The van der Waals surface area contributed by atoms with Crippen LogP contribution >= 0.6 is 11.6 Å². The number of para-hydroxylation sites is 1. The smallest absolute Gasteiger partial charge is 0.146 e. The van der Waals surface area contributed by atoms with E-state index in [0.29, 0.717) is 11.6 Å². The standard InChI is InChI=1S/C15H15ClFN/c1-11-9-13(8-7-12(11)10-16)18(2)15-6-4-3-5-14(15)17/h3-9H,10H2,1-2H3. The van der Waals surface area contributed by atoms with Crippen LogP contribution in [0.4, 0.5) is 15.8 Å². The first-order valence-electron chi connectivity index (χ1n) is 5.77. The average Bonchev–Trinajstić information content (AvgIpc) is 2.38. The van der Waals surface area contributed by atoms with Crippen LogP contribution in [0.3, 0.4) is 0 Å². The summed E-state index contributed by atoms with van der Waals surface area (Å²) in [6, 6.07) is 12.7. The van der Waals surface area contributed by atoms with E-state index in [-0.39, 0.29) is 5.82 Å². The molecule has 18 heavy (non-hydrogen) atoms. The highest BCUT2D eigenvalue weighted by Crippen LogP contribution is 2.27. The van der Waals surface area contributed by atoms with Gasteiger partial charge in [0.2, 0.25) is 0 Å². The first-order chi connectivity index (χ1) is 8.63. The zero-order chi connectivity index (χ0) is 13.1. The first-order valence-corrected chi connectivity index (χ1v) is 6.30. The molecule has 0 atom stereocenters. The number of alkyl halides is 1. The van der Waals surface area contributed by atoms with Crippen molar-refractivity contribution in [3.05, 3.63) is 59.4 Å². The van der Waals surface area contributed by atoms with Gasteiger partial charge in [-0.15, -0.1) is 11.6 Å². The fourth-order valence-electron chi connectivity index (χ4n) is 1.90. The van der Waals surface area contributed by atoms with E-state index < -0.39 is 0 Å². The van der Waals surface area contributed by atoms with Crippen molar-refractivity contribution >= 4 is 23.0 Å². The van der Waals surface area contributed by atoms with Crippen LogP contribution in [0.2, 0.25) is 0 Å². The Bertz CT molecular complexity index is 554. The number of hydrogen-bond donors (Lipinski definition) is 0. The number of hydrogen-bond acceptors (Lipinski definition) is 1. The number of rotatable bonds is 3. The molecule has 0 spiro atoms. The molecule has 94 valence electrons. The van der Waals surface area contributed by atoms with Gasteiger partial charge in [0.05, 0.1) is 5.69 Å². The number of aryl methyl sites for hydroxylation is 1. The highest BCUT2D eigenvalue weighted by Gasteiger charge is 2.09. The minimum atomic E-state index is -0.223. The summed E-state index contributed by atoms with van der Waals surface area (Å²) in [5, 5.41) is 0. The van der Waals surface area contributed by atoms with Gasteiger partial charge >= 0.3 is 0 Å².